The second-order valence-electron chi connectivity index (χ2n) is 9.32. The Morgan fingerprint density at radius 2 is 1.27 bits per heavy atom. The molecule has 0 bridgehead atoms. The molecule has 0 saturated carbocycles. The Morgan fingerprint density at radius 1 is 0.725 bits per heavy atom. The molecule has 5 rings (SSSR count). The van der Waals surface area contributed by atoms with E-state index in [0.717, 1.165) is 6.07 Å². The van der Waals surface area contributed by atoms with Gasteiger partial charge in [0.1, 0.15) is 53.5 Å². The minimum Gasteiger partial charge on any atom is -0.507 e. The molecule has 2 aliphatic heterocycles. The zero-order valence-corrected chi connectivity index (χ0v) is 20.4. The smallest absolute Gasteiger partial charge is 0.238 e. The molecule has 8 atom stereocenters. The summed E-state index contributed by atoms with van der Waals surface area (Å²) in [5.74, 6) is -3.22. The first kappa shape index (κ1) is 27.9. The maximum absolute atomic E-state index is 13.0. The van der Waals surface area contributed by atoms with Gasteiger partial charge < -0.3 is 69.3 Å². The first-order valence-corrected chi connectivity index (χ1v) is 12.0. The SMILES string of the molecule is O=c1c(O)c(-c2ccc(O[C@@H]3OC[C@@H](O)[C@H](O)[C@@H]3O)cc2)oc2c(O[C@@H]3OC[C@@H](O)[C@@H](O)[C@H]3O)c(O)cc(O)c12. The molecule has 15 heteroatoms. The lowest BCUT2D eigenvalue weighted by molar-refractivity contribution is -0.242. The van der Waals surface area contributed by atoms with Crippen LogP contribution >= 0.6 is 0 Å². The van der Waals surface area contributed by atoms with Crippen LogP contribution in [-0.2, 0) is 9.47 Å². The monoisotopic (exact) mass is 566 g/mol. The third-order valence-corrected chi connectivity index (χ3v) is 6.57. The van der Waals surface area contributed by atoms with Gasteiger partial charge in [-0.1, -0.05) is 0 Å². The lowest BCUT2D eigenvalue weighted by Crippen LogP contribution is -2.54. The van der Waals surface area contributed by atoms with Crippen LogP contribution in [0, 0.1) is 0 Å². The largest absolute Gasteiger partial charge is 0.507 e. The summed E-state index contributed by atoms with van der Waals surface area (Å²) in [5.41, 5.74) is -1.50. The van der Waals surface area contributed by atoms with E-state index < -0.39 is 101 Å². The Kier molecular flexibility index (Phi) is 7.47. The molecule has 2 aliphatic rings. The topological polar surface area (TPSA) is 249 Å². The van der Waals surface area contributed by atoms with Crippen molar-refractivity contribution in [1.29, 1.82) is 0 Å². The van der Waals surface area contributed by atoms with Crippen LogP contribution in [0.1, 0.15) is 0 Å². The minimum absolute atomic E-state index is 0.116. The van der Waals surface area contributed by atoms with Crippen molar-refractivity contribution in [2.75, 3.05) is 13.2 Å². The van der Waals surface area contributed by atoms with E-state index in [2.05, 4.69) is 0 Å². The Hall–Kier alpha value is -3.67. The standard InChI is InChI=1S/C25H26O15/c26-10-5-11(27)22(40-25-20(35)16(31)13(29)7-37-25)23-14(10)17(32)18(33)21(39-23)8-1-3-9(4-2-8)38-24-19(34)15(30)12(28)6-36-24/h1-5,12-13,15-16,19-20,24-31,33-35H,6-7H2/t12-,13-,15+,16-,19+,20-,24+,25+/m1/s1. The highest BCUT2D eigenvalue weighted by molar-refractivity contribution is 5.93. The lowest BCUT2D eigenvalue weighted by atomic mass is 10.1. The van der Waals surface area contributed by atoms with Gasteiger partial charge in [-0.3, -0.25) is 4.79 Å². The molecule has 2 fully saturated rings. The number of aliphatic hydroxyl groups is 6. The van der Waals surface area contributed by atoms with Gasteiger partial charge >= 0.3 is 0 Å². The van der Waals surface area contributed by atoms with Gasteiger partial charge in [-0.15, -0.1) is 0 Å². The molecule has 3 aromatic rings. The van der Waals surface area contributed by atoms with Crippen LogP contribution in [0.5, 0.6) is 28.7 Å². The number of phenols is 2. The highest BCUT2D eigenvalue weighted by Crippen LogP contribution is 2.43. The molecule has 15 nitrogen and oxygen atoms in total. The average molecular weight is 566 g/mol. The minimum atomic E-state index is -1.76. The third-order valence-electron chi connectivity index (χ3n) is 6.57. The predicted octanol–water partition coefficient (Wildman–Crippen LogP) is -1.79. The molecule has 2 saturated heterocycles. The Bertz CT molecular complexity index is 1440. The van der Waals surface area contributed by atoms with Crippen molar-refractivity contribution in [3.63, 3.8) is 0 Å². The predicted molar refractivity (Wildman–Crippen MR) is 130 cm³/mol. The molecule has 9 N–H and O–H groups in total. The van der Waals surface area contributed by atoms with Gasteiger partial charge in [0, 0.05) is 11.6 Å². The molecule has 216 valence electrons. The summed E-state index contributed by atoms with van der Waals surface area (Å²) in [6.45, 7) is -0.698. The van der Waals surface area contributed by atoms with Gasteiger partial charge in [-0.05, 0) is 24.3 Å². The van der Waals surface area contributed by atoms with Gasteiger partial charge in [0.15, 0.2) is 17.1 Å². The van der Waals surface area contributed by atoms with Crippen LogP contribution in [0.2, 0.25) is 0 Å². The molecule has 0 radical (unpaired) electrons. The number of phenolic OH excluding ortho intramolecular Hbond substituents is 2. The molecule has 0 unspecified atom stereocenters. The summed E-state index contributed by atoms with van der Waals surface area (Å²) in [7, 11) is 0. The van der Waals surface area contributed by atoms with Crippen LogP contribution in [0.4, 0.5) is 0 Å². The number of aliphatic hydroxyl groups excluding tert-OH is 6. The second-order valence-corrected chi connectivity index (χ2v) is 9.32. The van der Waals surface area contributed by atoms with Crippen LogP contribution in [-0.4, -0.2) is 108 Å². The van der Waals surface area contributed by atoms with Gasteiger partial charge in [0.25, 0.3) is 0 Å². The Morgan fingerprint density at radius 3 is 1.85 bits per heavy atom. The normalized spacial score (nSPS) is 30.8. The molecular weight excluding hydrogens is 540 g/mol. The van der Waals surface area contributed by atoms with E-state index in [-0.39, 0.29) is 17.9 Å². The van der Waals surface area contributed by atoms with Crippen molar-refractivity contribution in [2.45, 2.75) is 49.2 Å². The van der Waals surface area contributed by atoms with E-state index in [1.165, 1.54) is 24.3 Å². The van der Waals surface area contributed by atoms with Crippen molar-refractivity contribution in [3.05, 3.63) is 40.6 Å². The molecule has 2 aromatic carbocycles. The summed E-state index contributed by atoms with van der Waals surface area (Å²) in [4.78, 5) is 13.0. The molecule has 0 spiro atoms. The fraction of sp³-hybridized carbons (Fsp3) is 0.400. The summed E-state index contributed by atoms with van der Waals surface area (Å²) in [6.07, 6.45) is -12.0. The number of ether oxygens (including phenoxy) is 4. The number of rotatable bonds is 5. The summed E-state index contributed by atoms with van der Waals surface area (Å²) < 4.78 is 27.1. The van der Waals surface area contributed by atoms with Crippen molar-refractivity contribution in [1.82, 2.24) is 0 Å². The zero-order chi connectivity index (χ0) is 28.9. The highest BCUT2D eigenvalue weighted by atomic mass is 16.7. The first-order valence-electron chi connectivity index (χ1n) is 12.0. The van der Waals surface area contributed by atoms with E-state index in [9.17, 15) is 50.8 Å². The van der Waals surface area contributed by atoms with Gasteiger partial charge in [0.2, 0.25) is 29.5 Å². The molecule has 40 heavy (non-hydrogen) atoms. The van der Waals surface area contributed by atoms with E-state index in [0.29, 0.717) is 0 Å². The van der Waals surface area contributed by atoms with E-state index in [1.807, 2.05) is 0 Å². The third kappa shape index (κ3) is 4.89. The highest BCUT2D eigenvalue weighted by Gasteiger charge is 2.41. The molecule has 1 aromatic heterocycles. The number of hydrogen-bond donors (Lipinski definition) is 9. The number of benzene rings is 2. The summed E-state index contributed by atoms with van der Waals surface area (Å²) >= 11 is 0. The van der Waals surface area contributed by atoms with Crippen molar-refractivity contribution in [2.24, 2.45) is 0 Å². The van der Waals surface area contributed by atoms with Crippen molar-refractivity contribution in [3.8, 4) is 40.1 Å². The number of aromatic hydroxyl groups is 3. The molecule has 0 amide bonds. The van der Waals surface area contributed by atoms with Gasteiger partial charge in [-0.2, -0.15) is 0 Å². The lowest BCUT2D eigenvalue weighted by Gasteiger charge is -2.35. The van der Waals surface area contributed by atoms with Crippen LogP contribution < -0.4 is 14.9 Å². The van der Waals surface area contributed by atoms with Crippen molar-refractivity contribution < 1.29 is 69.3 Å². The van der Waals surface area contributed by atoms with Crippen molar-refractivity contribution >= 4 is 11.0 Å². The van der Waals surface area contributed by atoms with E-state index >= 15 is 0 Å². The zero-order valence-electron chi connectivity index (χ0n) is 20.4. The fourth-order valence-corrected chi connectivity index (χ4v) is 4.31. The molecule has 0 aliphatic carbocycles. The number of hydrogen-bond acceptors (Lipinski definition) is 15. The van der Waals surface area contributed by atoms with Crippen LogP contribution in [0.3, 0.4) is 0 Å². The summed E-state index contributed by atoms with van der Waals surface area (Å²) in [5, 5.41) is 90.0. The fourth-order valence-electron chi connectivity index (χ4n) is 4.31. The maximum atomic E-state index is 13.0. The van der Waals surface area contributed by atoms with Gasteiger partial charge in [0.05, 0.1) is 13.2 Å². The quantitative estimate of drug-likeness (QED) is 0.165. The maximum Gasteiger partial charge on any atom is 0.238 e. The Balaban J connectivity index is 1.49. The second kappa shape index (κ2) is 10.7. The van der Waals surface area contributed by atoms with Crippen LogP contribution in [0.15, 0.2) is 39.5 Å². The van der Waals surface area contributed by atoms with E-state index in [1.54, 1.807) is 0 Å². The Labute approximate surface area is 223 Å². The van der Waals surface area contributed by atoms with E-state index in [4.69, 9.17) is 23.4 Å². The average Bonchev–Trinajstić information content (AvgIpc) is 2.93. The van der Waals surface area contributed by atoms with Crippen LogP contribution in [0.25, 0.3) is 22.3 Å². The number of fused-ring (bicyclic) bond motifs is 1. The molecular formula is C25H26O15. The van der Waals surface area contributed by atoms with Gasteiger partial charge in [-0.25, -0.2) is 0 Å². The molecule has 3 heterocycles. The summed E-state index contributed by atoms with van der Waals surface area (Å²) in [6, 6.07) is 6.19. The first-order chi connectivity index (χ1) is 19.0.